The minimum absolute atomic E-state index is 0.196. The molecule has 0 bridgehead atoms. The molecule has 196 valence electrons. The summed E-state index contributed by atoms with van der Waals surface area (Å²) >= 11 is 6.15. The number of benzene rings is 2. The summed E-state index contributed by atoms with van der Waals surface area (Å²) in [5.41, 5.74) is 6.65. The Morgan fingerprint density at radius 2 is 1.79 bits per heavy atom. The van der Waals surface area contributed by atoms with Gasteiger partial charge in [-0.15, -0.1) is 0 Å². The molecular formula is C31H32ClN3O3. The number of aromatic nitrogens is 2. The normalized spacial score (nSPS) is 16.6. The maximum absolute atomic E-state index is 13.3. The first-order valence-electron chi connectivity index (χ1n) is 12.8. The van der Waals surface area contributed by atoms with Crippen LogP contribution >= 0.6 is 11.6 Å². The van der Waals surface area contributed by atoms with Crippen molar-refractivity contribution in [2.75, 3.05) is 5.32 Å². The number of hydrogen-bond acceptors (Lipinski definition) is 5. The van der Waals surface area contributed by atoms with Crippen LogP contribution in [-0.2, 0) is 17.8 Å². The van der Waals surface area contributed by atoms with E-state index in [9.17, 15) is 4.79 Å². The molecule has 0 fully saturated rings. The van der Waals surface area contributed by atoms with E-state index in [0.29, 0.717) is 30.3 Å². The molecule has 38 heavy (non-hydrogen) atoms. The second-order valence-electron chi connectivity index (χ2n) is 10.4. The van der Waals surface area contributed by atoms with Gasteiger partial charge in [0.05, 0.1) is 11.2 Å². The highest BCUT2D eigenvalue weighted by Crippen LogP contribution is 2.44. The van der Waals surface area contributed by atoms with Crippen LogP contribution in [0.3, 0.4) is 0 Å². The minimum atomic E-state index is -1.01. The molecule has 3 heterocycles. The van der Waals surface area contributed by atoms with E-state index >= 15 is 0 Å². The Hall–Kier alpha value is -3.64. The largest absolute Gasteiger partial charge is 0.487 e. The SMILES string of the molecule is Cc1cc(C)nc(NC(=O)C2(C)CCc3c(C)c(OCc4ccc5ccc(Cl)cc5n4)c(C)c(C)c3O2)c1. The number of anilines is 1. The molecule has 1 aliphatic rings. The molecule has 2 aromatic heterocycles. The Morgan fingerprint density at radius 3 is 2.55 bits per heavy atom. The van der Waals surface area contributed by atoms with Crippen molar-refractivity contribution in [2.45, 2.75) is 66.6 Å². The number of hydrogen-bond donors (Lipinski definition) is 1. The number of nitrogens with zero attached hydrogens (tertiary/aromatic N) is 2. The lowest BCUT2D eigenvalue weighted by atomic mass is 9.86. The van der Waals surface area contributed by atoms with Crippen molar-refractivity contribution in [3.63, 3.8) is 0 Å². The van der Waals surface area contributed by atoms with Gasteiger partial charge in [-0.05, 0) is 101 Å². The van der Waals surface area contributed by atoms with Gasteiger partial charge in [-0.1, -0.05) is 23.7 Å². The van der Waals surface area contributed by atoms with Gasteiger partial charge >= 0.3 is 0 Å². The predicted octanol–water partition coefficient (Wildman–Crippen LogP) is 7.13. The highest BCUT2D eigenvalue weighted by Gasteiger charge is 2.41. The van der Waals surface area contributed by atoms with Crippen molar-refractivity contribution in [1.82, 2.24) is 9.97 Å². The number of pyridine rings is 2. The third kappa shape index (κ3) is 4.93. The molecule has 1 atom stereocenters. The number of ether oxygens (including phenoxy) is 2. The van der Waals surface area contributed by atoms with E-state index in [-0.39, 0.29) is 5.91 Å². The first kappa shape index (κ1) is 26.0. The topological polar surface area (TPSA) is 73.3 Å². The zero-order chi connectivity index (χ0) is 27.2. The van der Waals surface area contributed by atoms with Gasteiger partial charge in [0, 0.05) is 28.1 Å². The number of fused-ring (bicyclic) bond motifs is 2. The van der Waals surface area contributed by atoms with E-state index in [1.54, 1.807) is 0 Å². The van der Waals surface area contributed by atoms with Crippen LogP contribution in [-0.4, -0.2) is 21.5 Å². The maximum Gasteiger partial charge on any atom is 0.269 e. The Kier molecular flexibility index (Phi) is 6.78. The number of carbonyl (C=O) groups excluding carboxylic acids is 1. The average Bonchev–Trinajstić information content (AvgIpc) is 2.86. The monoisotopic (exact) mass is 529 g/mol. The molecule has 0 spiro atoms. The molecule has 0 aliphatic carbocycles. The molecule has 1 unspecified atom stereocenters. The third-order valence-corrected chi connectivity index (χ3v) is 7.62. The third-order valence-electron chi connectivity index (χ3n) is 7.39. The van der Waals surface area contributed by atoms with Crippen LogP contribution in [0.4, 0.5) is 5.82 Å². The molecule has 1 N–H and O–H groups in total. The van der Waals surface area contributed by atoms with Crippen LogP contribution in [0.1, 0.15) is 52.5 Å². The molecule has 2 aromatic carbocycles. The molecule has 4 aromatic rings. The van der Waals surface area contributed by atoms with Crippen LogP contribution in [0, 0.1) is 34.6 Å². The number of carbonyl (C=O) groups is 1. The molecule has 5 rings (SSSR count). The molecule has 0 saturated heterocycles. The summed E-state index contributed by atoms with van der Waals surface area (Å²) in [4.78, 5) is 22.5. The second kappa shape index (κ2) is 9.91. The van der Waals surface area contributed by atoms with Gasteiger partial charge in [0.1, 0.15) is 23.9 Å². The highest BCUT2D eigenvalue weighted by atomic mass is 35.5. The maximum atomic E-state index is 13.3. The van der Waals surface area contributed by atoms with Crippen LogP contribution in [0.25, 0.3) is 10.9 Å². The Balaban J connectivity index is 1.38. The molecule has 6 nitrogen and oxygen atoms in total. The highest BCUT2D eigenvalue weighted by molar-refractivity contribution is 6.31. The van der Waals surface area contributed by atoms with Gasteiger partial charge in [0.2, 0.25) is 0 Å². The molecular weight excluding hydrogens is 498 g/mol. The molecule has 0 saturated carbocycles. The number of nitrogens with one attached hydrogen (secondary N) is 1. The smallest absolute Gasteiger partial charge is 0.269 e. The summed E-state index contributed by atoms with van der Waals surface area (Å²) in [6.07, 6.45) is 1.25. The van der Waals surface area contributed by atoms with Crippen LogP contribution < -0.4 is 14.8 Å². The second-order valence-corrected chi connectivity index (χ2v) is 10.8. The van der Waals surface area contributed by atoms with E-state index in [1.807, 2.05) is 77.1 Å². The summed E-state index contributed by atoms with van der Waals surface area (Å²) in [6, 6.07) is 13.5. The van der Waals surface area contributed by atoms with E-state index in [0.717, 1.165) is 61.6 Å². The predicted molar refractivity (Wildman–Crippen MR) is 151 cm³/mol. The lowest BCUT2D eigenvalue weighted by Crippen LogP contribution is -2.48. The lowest BCUT2D eigenvalue weighted by molar-refractivity contribution is -0.131. The fourth-order valence-corrected chi connectivity index (χ4v) is 5.29. The average molecular weight is 530 g/mol. The summed E-state index contributed by atoms with van der Waals surface area (Å²) in [5, 5.41) is 4.66. The fourth-order valence-electron chi connectivity index (χ4n) is 5.12. The lowest BCUT2D eigenvalue weighted by Gasteiger charge is -2.37. The molecule has 1 aliphatic heterocycles. The van der Waals surface area contributed by atoms with Crippen LogP contribution in [0.15, 0.2) is 42.5 Å². The van der Waals surface area contributed by atoms with Crippen LogP contribution in [0.2, 0.25) is 5.02 Å². The van der Waals surface area contributed by atoms with E-state index in [1.165, 1.54) is 0 Å². The quantitative estimate of drug-likeness (QED) is 0.298. The summed E-state index contributed by atoms with van der Waals surface area (Å²) in [5.74, 6) is 1.95. The standard InChI is InChI=1S/C31H32ClN3O3/c1-17-13-18(2)33-27(14-17)35-30(36)31(6)12-11-25-21(5)28(19(3)20(4)29(25)38-31)37-16-24-10-8-22-7-9-23(32)15-26(22)34-24/h7-10,13-15H,11-12,16H2,1-6H3,(H,33,35,36). The Labute approximate surface area is 228 Å². The van der Waals surface area contributed by atoms with Crippen molar-refractivity contribution in [1.29, 1.82) is 0 Å². The number of aryl methyl sites for hydroxylation is 2. The van der Waals surface area contributed by atoms with Crippen LogP contribution in [0.5, 0.6) is 11.5 Å². The van der Waals surface area contributed by atoms with Gasteiger partial charge < -0.3 is 14.8 Å². The zero-order valence-electron chi connectivity index (χ0n) is 22.7. The molecule has 7 heteroatoms. The minimum Gasteiger partial charge on any atom is -0.487 e. The van der Waals surface area contributed by atoms with E-state index in [2.05, 4.69) is 17.2 Å². The van der Waals surface area contributed by atoms with Crippen molar-refractivity contribution >= 4 is 34.2 Å². The number of amides is 1. The molecule has 0 radical (unpaired) electrons. The summed E-state index contributed by atoms with van der Waals surface area (Å²) < 4.78 is 12.8. The summed E-state index contributed by atoms with van der Waals surface area (Å²) in [7, 11) is 0. The van der Waals surface area contributed by atoms with Crippen molar-refractivity contribution in [2.24, 2.45) is 0 Å². The van der Waals surface area contributed by atoms with Crippen molar-refractivity contribution < 1.29 is 14.3 Å². The first-order chi connectivity index (χ1) is 18.0. The van der Waals surface area contributed by atoms with Gasteiger partial charge in [-0.25, -0.2) is 9.97 Å². The van der Waals surface area contributed by atoms with Gasteiger partial charge in [0.25, 0.3) is 5.91 Å². The van der Waals surface area contributed by atoms with Gasteiger partial charge in [-0.3, -0.25) is 4.79 Å². The molecule has 1 amide bonds. The number of rotatable bonds is 5. The van der Waals surface area contributed by atoms with Crippen molar-refractivity contribution in [3.05, 3.63) is 86.7 Å². The zero-order valence-corrected chi connectivity index (χ0v) is 23.4. The number of halogens is 1. The Bertz CT molecular complexity index is 1560. The van der Waals surface area contributed by atoms with Gasteiger partial charge in [-0.2, -0.15) is 0 Å². The Morgan fingerprint density at radius 1 is 1.03 bits per heavy atom. The first-order valence-corrected chi connectivity index (χ1v) is 13.2. The van der Waals surface area contributed by atoms with Gasteiger partial charge in [0.15, 0.2) is 5.60 Å². The summed E-state index contributed by atoms with van der Waals surface area (Å²) in [6.45, 7) is 12.2. The van der Waals surface area contributed by atoms with E-state index in [4.69, 9.17) is 26.1 Å². The van der Waals surface area contributed by atoms with Crippen molar-refractivity contribution in [3.8, 4) is 11.5 Å². The van der Waals surface area contributed by atoms with E-state index < -0.39 is 5.60 Å². The fraction of sp³-hybridized carbons (Fsp3) is 0.323.